The van der Waals surface area contributed by atoms with Crippen LogP contribution in [0.2, 0.25) is 0 Å². The van der Waals surface area contributed by atoms with Gasteiger partial charge in [0.15, 0.2) is 0 Å². The van der Waals surface area contributed by atoms with Gasteiger partial charge < -0.3 is 14.9 Å². The average Bonchev–Trinajstić information content (AvgIpc) is 3.25. The van der Waals surface area contributed by atoms with Gasteiger partial charge in [-0.05, 0) is 65.9 Å². The average molecular weight is 507 g/mol. The van der Waals surface area contributed by atoms with E-state index in [0.29, 0.717) is 35.8 Å². The van der Waals surface area contributed by atoms with Crippen molar-refractivity contribution in [1.29, 1.82) is 0 Å². The lowest BCUT2D eigenvalue weighted by atomic mass is 9.93. The molecular formula is C31H26N2O5. The molecule has 0 saturated heterocycles. The van der Waals surface area contributed by atoms with Gasteiger partial charge in [0.05, 0.1) is 35.3 Å². The Morgan fingerprint density at radius 1 is 0.816 bits per heavy atom. The third-order valence-corrected chi connectivity index (χ3v) is 6.44. The molecule has 0 fully saturated rings. The molecule has 7 heteroatoms. The first-order chi connectivity index (χ1) is 18.4. The predicted molar refractivity (Wildman–Crippen MR) is 146 cm³/mol. The van der Waals surface area contributed by atoms with Gasteiger partial charge in [0.2, 0.25) is 0 Å². The molecule has 0 saturated carbocycles. The molecule has 5 rings (SSSR count). The number of aryl methyl sites for hydroxylation is 1. The van der Waals surface area contributed by atoms with E-state index in [0.717, 1.165) is 27.8 Å². The number of hydrogen-bond acceptors (Lipinski definition) is 4. The molecule has 0 radical (unpaired) electrons. The maximum Gasteiger partial charge on any atom is 0.337 e. The fourth-order valence-electron chi connectivity index (χ4n) is 4.67. The summed E-state index contributed by atoms with van der Waals surface area (Å²) in [6, 6.07) is 26.4. The Hall–Kier alpha value is -4.91. The minimum atomic E-state index is -1.04. The number of carbonyl (C=O) groups is 2. The largest absolute Gasteiger partial charge is 0.478 e. The van der Waals surface area contributed by atoms with Crippen LogP contribution in [0, 0.1) is 6.92 Å². The van der Waals surface area contributed by atoms with Crippen molar-refractivity contribution in [1.82, 2.24) is 9.55 Å². The molecule has 0 unspecified atom stereocenters. The molecule has 0 atom stereocenters. The first kappa shape index (κ1) is 24.8. The Kier molecular flexibility index (Phi) is 6.66. The molecule has 190 valence electrons. The summed E-state index contributed by atoms with van der Waals surface area (Å²) in [6.45, 7) is 4.60. The highest BCUT2D eigenvalue weighted by molar-refractivity contribution is 6.01. The van der Waals surface area contributed by atoms with E-state index >= 15 is 0 Å². The fraction of sp³-hybridized carbons (Fsp3) is 0.129. The van der Waals surface area contributed by atoms with Crippen LogP contribution in [0.3, 0.4) is 0 Å². The smallest absolute Gasteiger partial charge is 0.337 e. The molecule has 0 spiro atoms. The van der Waals surface area contributed by atoms with Gasteiger partial charge in [-0.25, -0.2) is 9.59 Å². The van der Waals surface area contributed by atoms with Gasteiger partial charge in [-0.15, -0.1) is 0 Å². The molecular weight excluding hydrogens is 480 g/mol. The first-order valence-corrected chi connectivity index (χ1v) is 12.2. The summed E-state index contributed by atoms with van der Waals surface area (Å²) in [7, 11) is 0. The van der Waals surface area contributed by atoms with Gasteiger partial charge in [0, 0.05) is 0 Å². The van der Waals surface area contributed by atoms with E-state index in [1.54, 1.807) is 28.8 Å². The lowest BCUT2D eigenvalue weighted by Crippen LogP contribution is -2.08. The van der Waals surface area contributed by atoms with Crippen LogP contribution in [0.25, 0.3) is 33.3 Å². The molecule has 0 aliphatic carbocycles. The zero-order valence-electron chi connectivity index (χ0n) is 21.0. The second-order valence-electron chi connectivity index (χ2n) is 9.02. The predicted octanol–water partition coefficient (Wildman–Crippen LogP) is 6.52. The number of rotatable bonds is 8. The highest BCUT2D eigenvalue weighted by Gasteiger charge is 2.19. The summed E-state index contributed by atoms with van der Waals surface area (Å²) < 4.78 is 7.48. The molecule has 5 aromatic rings. The van der Waals surface area contributed by atoms with Crippen molar-refractivity contribution in [2.24, 2.45) is 0 Å². The topological polar surface area (TPSA) is 102 Å². The number of imidazole rings is 1. The lowest BCUT2D eigenvalue weighted by molar-refractivity contribution is 0.0687. The minimum Gasteiger partial charge on any atom is -0.478 e. The van der Waals surface area contributed by atoms with Gasteiger partial charge in [-0.3, -0.25) is 4.57 Å². The number of nitrogens with zero attached hydrogens (tertiary/aromatic N) is 2. The summed E-state index contributed by atoms with van der Waals surface area (Å²) in [5.41, 5.74) is 6.77. The molecule has 0 amide bonds. The SMILES string of the molecule is CCOc1nc2cccc(C(=O)O)c2n1Cc1ccc(-c2cc(-c3cccc(C)c3)ccc2C(=O)O)cc1. The number of hydrogen-bond donors (Lipinski definition) is 2. The number of carboxylic acids is 2. The number of ether oxygens (including phenoxy) is 1. The molecule has 0 aliphatic heterocycles. The van der Waals surface area contributed by atoms with Crippen LogP contribution in [-0.2, 0) is 6.54 Å². The maximum atomic E-state index is 12.0. The van der Waals surface area contributed by atoms with Crippen LogP contribution >= 0.6 is 0 Å². The number of benzene rings is 4. The van der Waals surface area contributed by atoms with Gasteiger partial charge in [-0.1, -0.05) is 66.2 Å². The molecule has 7 nitrogen and oxygen atoms in total. The van der Waals surface area contributed by atoms with Gasteiger partial charge in [-0.2, -0.15) is 4.98 Å². The monoisotopic (exact) mass is 506 g/mol. The highest BCUT2D eigenvalue weighted by atomic mass is 16.5. The second kappa shape index (κ2) is 10.2. The summed E-state index contributed by atoms with van der Waals surface area (Å²) >= 11 is 0. The third-order valence-electron chi connectivity index (χ3n) is 6.44. The van der Waals surface area contributed by atoms with E-state index < -0.39 is 11.9 Å². The Morgan fingerprint density at radius 2 is 1.50 bits per heavy atom. The summed E-state index contributed by atoms with van der Waals surface area (Å²) in [6.07, 6.45) is 0. The van der Waals surface area contributed by atoms with E-state index in [9.17, 15) is 19.8 Å². The fourth-order valence-corrected chi connectivity index (χ4v) is 4.67. The molecule has 0 aliphatic rings. The van der Waals surface area contributed by atoms with Crippen molar-refractivity contribution in [3.63, 3.8) is 0 Å². The van der Waals surface area contributed by atoms with E-state index in [1.165, 1.54) is 0 Å². The van der Waals surface area contributed by atoms with Crippen LogP contribution in [0.4, 0.5) is 0 Å². The summed E-state index contributed by atoms with van der Waals surface area (Å²) in [4.78, 5) is 28.4. The molecule has 2 N–H and O–H groups in total. The van der Waals surface area contributed by atoms with Crippen LogP contribution in [0.5, 0.6) is 6.01 Å². The Bertz CT molecular complexity index is 1670. The Morgan fingerprint density at radius 3 is 2.18 bits per heavy atom. The van der Waals surface area contributed by atoms with E-state index in [4.69, 9.17) is 4.74 Å². The van der Waals surface area contributed by atoms with Crippen molar-refractivity contribution < 1.29 is 24.5 Å². The number of aromatic carboxylic acids is 2. The van der Waals surface area contributed by atoms with Crippen LogP contribution in [-0.4, -0.2) is 38.3 Å². The standard InChI is InChI=1S/C31H26N2O5/c1-3-38-31-32-27-9-5-8-25(30(36)37)28(27)33(31)18-20-10-12-21(13-11-20)26-17-23(14-15-24(26)29(34)35)22-7-4-6-19(2)16-22/h4-17H,3,18H2,1-2H3,(H,34,35)(H,36,37). The molecule has 0 bridgehead atoms. The van der Waals surface area contributed by atoms with Crippen LogP contribution < -0.4 is 4.74 Å². The van der Waals surface area contributed by atoms with Gasteiger partial charge in [0.1, 0.15) is 0 Å². The number of aromatic nitrogens is 2. The first-order valence-electron chi connectivity index (χ1n) is 12.2. The molecule has 1 heterocycles. The Labute approximate surface area is 219 Å². The third kappa shape index (κ3) is 4.74. The van der Waals surface area contributed by atoms with Crippen molar-refractivity contribution in [2.75, 3.05) is 6.61 Å². The van der Waals surface area contributed by atoms with Crippen molar-refractivity contribution >= 4 is 23.0 Å². The van der Waals surface area contributed by atoms with Gasteiger partial charge >= 0.3 is 11.9 Å². The van der Waals surface area contributed by atoms with Gasteiger partial charge in [0.25, 0.3) is 6.01 Å². The van der Waals surface area contributed by atoms with Crippen LogP contribution in [0.15, 0.2) is 84.9 Å². The van der Waals surface area contributed by atoms with E-state index in [1.807, 2.05) is 68.4 Å². The quantitative estimate of drug-likeness (QED) is 0.248. The minimum absolute atomic E-state index is 0.150. The zero-order valence-corrected chi connectivity index (χ0v) is 21.0. The van der Waals surface area contributed by atoms with Crippen molar-refractivity contribution in [3.05, 3.63) is 107 Å². The number of para-hydroxylation sites is 1. The van der Waals surface area contributed by atoms with E-state index in [2.05, 4.69) is 11.1 Å². The summed E-state index contributed by atoms with van der Waals surface area (Å²) in [5, 5.41) is 19.6. The number of fused-ring (bicyclic) bond motifs is 1. The summed E-state index contributed by atoms with van der Waals surface area (Å²) in [5.74, 6) is -2.03. The highest BCUT2D eigenvalue weighted by Crippen LogP contribution is 2.31. The zero-order chi connectivity index (χ0) is 26.8. The second-order valence-corrected chi connectivity index (χ2v) is 9.02. The molecule has 38 heavy (non-hydrogen) atoms. The molecule has 1 aromatic heterocycles. The normalized spacial score (nSPS) is 11.0. The Balaban J connectivity index is 1.54. The van der Waals surface area contributed by atoms with Crippen LogP contribution in [0.1, 0.15) is 38.8 Å². The maximum absolute atomic E-state index is 12.0. The van der Waals surface area contributed by atoms with Crippen molar-refractivity contribution in [3.8, 4) is 28.3 Å². The number of carboxylic acid groups (broad SMARTS) is 2. The van der Waals surface area contributed by atoms with E-state index in [-0.39, 0.29) is 11.1 Å². The lowest BCUT2D eigenvalue weighted by Gasteiger charge is -2.13. The van der Waals surface area contributed by atoms with Crippen molar-refractivity contribution in [2.45, 2.75) is 20.4 Å². The molecule has 4 aromatic carbocycles.